The molecule has 1 aliphatic rings. The smallest absolute Gasteiger partial charge is 0.0494 e. The molecule has 18 heavy (non-hydrogen) atoms. The SMILES string of the molecule is CCCN1CCN(c2cc(Br)ccc2CCl)CC1. The van der Waals surface area contributed by atoms with Crippen molar-refractivity contribution < 1.29 is 0 Å². The zero-order valence-electron chi connectivity index (χ0n) is 10.8. The number of nitrogens with zero attached hydrogens (tertiary/aromatic N) is 2. The maximum Gasteiger partial charge on any atom is 0.0494 e. The summed E-state index contributed by atoms with van der Waals surface area (Å²) in [5.74, 6) is 0.581. The molecule has 0 N–H and O–H groups in total. The summed E-state index contributed by atoms with van der Waals surface area (Å²) in [7, 11) is 0. The molecular formula is C14H20BrClN2. The minimum Gasteiger partial charge on any atom is -0.369 e. The molecule has 1 saturated heterocycles. The maximum absolute atomic E-state index is 6.03. The summed E-state index contributed by atoms with van der Waals surface area (Å²) in [4.78, 5) is 4.99. The molecule has 0 radical (unpaired) electrons. The molecule has 1 fully saturated rings. The van der Waals surface area contributed by atoms with Crippen molar-refractivity contribution in [2.75, 3.05) is 37.6 Å². The van der Waals surface area contributed by atoms with E-state index in [4.69, 9.17) is 11.6 Å². The minimum absolute atomic E-state index is 0.581. The Morgan fingerprint density at radius 3 is 2.56 bits per heavy atom. The lowest BCUT2D eigenvalue weighted by atomic mass is 10.1. The van der Waals surface area contributed by atoms with Crippen molar-refractivity contribution in [3.05, 3.63) is 28.2 Å². The molecule has 1 aromatic rings. The number of benzene rings is 1. The van der Waals surface area contributed by atoms with Crippen LogP contribution in [0.15, 0.2) is 22.7 Å². The molecule has 0 spiro atoms. The van der Waals surface area contributed by atoms with Crippen LogP contribution in [0, 0.1) is 0 Å². The van der Waals surface area contributed by atoms with Crippen LogP contribution in [0.1, 0.15) is 18.9 Å². The quantitative estimate of drug-likeness (QED) is 0.776. The zero-order chi connectivity index (χ0) is 13.0. The number of piperazine rings is 1. The van der Waals surface area contributed by atoms with Gasteiger partial charge in [-0.3, -0.25) is 4.90 Å². The van der Waals surface area contributed by atoms with Gasteiger partial charge in [0.2, 0.25) is 0 Å². The van der Waals surface area contributed by atoms with Gasteiger partial charge < -0.3 is 4.90 Å². The summed E-state index contributed by atoms with van der Waals surface area (Å²) in [6, 6.07) is 6.37. The number of halogens is 2. The first-order valence-electron chi connectivity index (χ1n) is 6.56. The van der Waals surface area contributed by atoms with Crippen LogP contribution in [0.5, 0.6) is 0 Å². The predicted molar refractivity (Wildman–Crippen MR) is 82.6 cm³/mol. The van der Waals surface area contributed by atoms with E-state index in [9.17, 15) is 0 Å². The molecule has 0 aliphatic carbocycles. The Morgan fingerprint density at radius 2 is 1.94 bits per heavy atom. The van der Waals surface area contributed by atoms with E-state index in [1.54, 1.807) is 0 Å². The highest BCUT2D eigenvalue weighted by molar-refractivity contribution is 9.10. The third-order valence-corrected chi connectivity index (χ3v) is 4.23. The molecular weight excluding hydrogens is 312 g/mol. The summed E-state index contributed by atoms with van der Waals surface area (Å²) in [6.45, 7) is 7.96. The van der Waals surface area contributed by atoms with Crippen LogP contribution in [0.4, 0.5) is 5.69 Å². The summed E-state index contributed by atoms with van der Waals surface area (Å²) in [5, 5.41) is 0. The van der Waals surface area contributed by atoms with E-state index in [-0.39, 0.29) is 0 Å². The van der Waals surface area contributed by atoms with E-state index in [2.05, 4.69) is 50.9 Å². The van der Waals surface area contributed by atoms with Gasteiger partial charge in [0.05, 0.1) is 0 Å². The Bertz CT molecular complexity index is 389. The van der Waals surface area contributed by atoms with Crippen LogP contribution < -0.4 is 4.90 Å². The molecule has 0 atom stereocenters. The number of anilines is 1. The highest BCUT2D eigenvalue weighted by atomic mass is 79.9. The summed E-state index contributed by atoms with van der Waals surface area (Å²) < 4.78 is 1.13. The van der Waals surface area contributed by atoms with Gasteiger partial charge in [-0.1, -0.05) is 28.9 Å². The van der Waals surface area contributed by atoms with Gasteiger partial charge in [-0.05, 0) is 30.7 Å². The molecule has 100 valence electrons. The molecule has 0 amide bonds. The molecule has 0 aromatic heterocycles. The van der Waals surface area contributed by atoms with Crippen molar-refractivity contribution in [1.29, 1.82) is 0 Å². The number of rotatable bonds is 4. The Morgan fingerprint density at radius 1 is 1.22 bits per heavy atom. The third kappa shape index (κ3) is 3.40. The van der Waals surface area contributed by atoms with E-state index in [1.807, 2.05) is 0 Å². The first kappa shape index (κ1) is 14.2. The van der Waals surface area contributed by atoms with E-state index in [1.165, 1.54) is 24.2 Å². The monoisotopic (exact) mass is 330 g/mol. The Balaban J connectivity index is 2.06. The Hall–Kier alpha value is -0.250. The highest BCUT2D eigenvalue weighted by Crippen LogP contribution is 2.27. The van der Waals surface area contributed by atoms with Crippen molar-refractivity contribution in [3.63, 3.8) is 0 Å². The van der Waals surface area contributed by atoms with E-state index < -0.39 is 0 Å². The number of alkyl halides is 1. The summed E-state index contributed by atoms with van der Waals surface area (Å²) >= 11 is 9.58. The second-order valence-corrected chi connectivity index (χ2v) is 5.92. The molecule has 0 unspecified atom stereocenters. The van der Waals surface area contributed by atoms with Gasteiger partial charge >= 0.3 is 0 Å². The summed E-state index contributed by atoms with van der Waals surface area (Å²) in [6.07, 6.45) is 1.24. The minimum atomic E-state index is 0.581. The lowest BCUT2D eigenvalue weighted by Crippen LogP contribution is -2.46. The van der Waals surface area contributed by atoms with Crippen molar-refractivity contribution in [1.82, 2.24) is 4.90 Å². The molecule has 2 rings (SSSR count). The van der Waals surface area contributed by atoms with Gasteiger partial charge in [0, 0.05) is 42.2 Å². The van der Waals surface area contributed by atoms with Crippen LogP contribution in [0.3, 0.4) is 0 Å². The number of hydrogen-bond donors (Lipinski definition) is 0. The number of hydrogen-bond acceptors (Lipinski definition) is 2. The standard InChI is InChI=1S/C14H20BrClN2/c1-2-5-17-6-8-18(9-7-17)14-10-13(15)4-3-12(14)11-16/h3-4,10H,2,5-9,11H2,1H3. The van der Waals surface area contributed by atoms with Crippen molar-refractivity contribution in [3.8, 4) is 0 Å². The van der Waals surface area contributed by atoms with Crippen LogP contribution in [0.25, 0.3) is 0 Å². The fourth-order valence-electron chi connectivity index (χ4n) is 2.47. The van der Waals surface area contributed by atoms with Gasteiger partial charge in [0.1, 0.15) is 0 Å². The van der Waals surface area contributed by atoms with E-state index >= 15 is 0 Å². The van der Waals surface area contributed by atoms with E-state index in [0.29, 0.717) is 5.88 Å². The normalized spacial score (nSPS) is 17.2. The molecule has 0 saturated carbocycles. The zero-order valence-corrected chi connectivity index (χ0v) is 13.2. The van der Waals surface area contributed by atoms with Crippen molar-refractivity contribution in [2.24, 2.45) is 0 Å². The second-order valence-electron chi connectivity index (χ2n) is 4.74. The molecule has 1 aliphatic heterocycles. The first-order valence-corrected chi connectivity index (χ1v) is 7.89. The molecule has 2 nitrogen and oxygen atoms in total. The second kappa shape index (κ2) is 6.78. The summed E-state index contributed by atoms with van der Waals surface area (Å²) in [5.41, 5.74) is 2.51. The van der Waals surface area contributed by atoms with Crippen LogP contribution in [0.2, 0.25) is 0 Å². The largest absolute Gasteiger partial charge is 0.369 e. The molecule has 1 heterocycles. The van der Waals surface area contributed by atoms with Gasteiger partial charge in [0.25, 0.3) is 0 Å². The van der Waals surface area contributed by atoms with Crippen molar-refractivity contribution in [2.45, 2.75) is 19.2 Å². The maximum atomic E-state index is 6.03. The van der Waals surface area contributed by atoms with Crippen LogP contribution >= 0.6 is 27.5 Å². The molecule has 4 heteroatoms. The fraction of sp³-hybridized carbons (Fsp3) is 0.571. The van der Waals surface area contributed by atoms with Crippen LogP contribution in [-0.2, 0) is 5.88 Å². The Labute approximate surface area is 123 Å². The van der Waals surface area contributed by atoms with Gasteiger partial charge in [0.15, 0.2) is 0 Å². The topological polar surface area (TPSA) is 6.48 Å². The highest BCUT2D eigenvalue weighted by Gasteiger charge is 2.18. The first-order chi connectivity index (χ1) is 8.74. The third-order valence-electron chi connectivity index (χ3n) is 3.44. The average Bonchev–Trinajstić information content (AvgIpc) is 2.40. The molecule has 1 aromatic carbocycles. The van der Waals surface area contributed by atoms with Gasteiger partial charge in [-0.2, -0.15) is 0 Å². The lowest BCUT2D eigenvalue weighted by Gasteiger charge is -2.36. The molecule has 0 bridgehead atoms. The van der Waals surface area contributed by atoms with E-state index in [0.717, 1.165) is 30.7 Å². The predicted octanol–water partition coefficient (Wildman–Crippen LogP) is 3.72. The van der Waals surface area contributed by atoms with Crippen molar-refractivity contribution >= 4 is 33.2 Å². The van der Waals surface area contributed by atoms with Crippen LogP contribution in [-0.4, -0.2) is 37.6 Å². The average molecular weight is 332 g/mol. The fourth-order valence-corrected chi connectivity index (χ4v) is 3.05. The lowest BCUT2D eigenvalue weighted by molar-refractivity contribution is 0.258. The Kier molecular flexibility index (Phi) is 5.34. The van der Waals surface area contributed by atoms with Gasteiger partial charge in [-0.25, -0.2) is 0 Å². The van der Waals surface area contributed by atoms with Gasteiger partial charge in [-0.15, -0.1) is 11.6 Å².